The van der Waals surface area contributed by atoms with Crippen LogP contribution >= 0.6 is 11.3 Å². The second-order valence-corrected chi connectivity index (χ2v) is 6.00. The third-order valence-electron chi connectivity index (χ3n) is 3.43. The van der Waals surface area contributed by atoms with Gasteiger partial charge >= 0.3 is 0 Å². The summed E-state index contributed by atoms with van der Waals surface area (Å²) in [6.07, 6.45) is 3.54. The second kappa shape index (κ2) is 6.80. The summed E-state index contributed by atoms with van der Waals surface area (Å²) in [5.74, 6) is 0.709. The van der Waals surface area contributed by atoms with Gasteiger partial charge in [-0.15, -0.1) is 11.3 Å². The molecule has 0 bridgehead atoms. The van der Waals surface area contributed by atoms with E-state index in [2.05, 4.69) is 30.1 Å². The zero-order valence-electron chi connectivity index (χ0n) is 12.4. The topological polar surface area (TPSA) is 74.2 Å². The Morgan fingerprint density at radius 3 is 2.68 bits per heavy atom. The lowest BCUT2D eigenvalue weighted by Gasteiger charge is -2.34. The summed E-state index contributed by atoms with van der Waals surface area (Å²) >= 11 is 1.46. The van der Waals surface area contributed by atoms with Crippen LogP contribution in [0.15, 0.2) is 23.8 Å². The molecule has 0 saturated carbocycles. The number of hydrogen-bond donors (Lipinski definition) is 1. The normalized spacial score (nSPS) is 15.8. The number of nitrogens with zero attached hydrogens (tertiary/aromatic N) is 5. The maximum Gasteiger partial charge on any atom is 0.225 e. The molecule has 0 aliphatic carbocycles. The third-order valence-corrected chi connectivity index (χ3v) is 4.23. The van der Waals surface area contributed by atoms with Gasteiger partial charge in [-0.25, -0.2) is 15.0 Å². The number of rotatable bonds is 4. The largest absolute Gasteiger partial charge is 0.338 e. The fourth-order valence-electron chi connectivity index (χ4n) is 2.38. The van der Waals surface area contributed by atoms with Crippen molar-refractivity contribution in [1.82, 2.24) is 19.9 Å². The Morgan fingerprint density at radius 1 is 1.27 bits per heavy atom. The molecule has 7 nitrogen and oxygen atoms in total. The molecule has 1 aliphatic heterocycles. The van der Waals surface area contributed by atoms with Crippen LogP contribution in [0.3, 0.4) is 0 Å². The Bertz CT molecular complexity index is 623. The Balaban J connectivity index is 1.51. The van der Waals surface area contributed by atoms with Gasteiger partial charge < -0.3 is 10.2 Å². The molecule has 0 radical (unpaired) electrons. The van der Waals surface area contributed by atoms with E-state index < -0.39 is 0 Å². The third kappa shape index (κ3) is 3.77. The van der Waals surface area contributed by atoms with Crippen molar-refractivity contribution in [3.05, 3.63) is 29.5 Å². The van der Waals surface area contributed by atoms with E-state index in [4.69, 9.17) is 0 Å². The summed E-state index contributed by atoms with van der Waals surface area (Å²) in [7, 11) is 0. The van der Waals surface area contributed by atoms with Crippen LogP contribution in [0, 0.1) is 0 Å². The smallest absolute Gasteiger partial charge is 0.225 e. The van der Waals surface area contributed by atoms with Crippen LogP contribution in [-0.2, 0) is 11.3 Å². The molecule has 116 valence electrons. The lowest BCUT2D eigenvalue weighted by Crippen LogP contribution is -2.46. The zero-order chi connectivity index (χ0) is 15.4. The van der Waals surface area contributed by atoms with E-state index in [-0.39, 0.29) is 5.91 Å². The first-order valence-corrected chi connectivity index (χ1v) is 8.05. The van der Waals surface area contributed by atoms with Gasteiger partial charge in [0.1, 0.15) is 0 Å². The van der Waals surface area contributed by atoms with Crippen molar-refractivity contribution in [3.63, 3.8) is 0 Å². The van der Waals surface area contributed by atoms with Crippen molar-refractivity contribution in [2.75, 3.05) is 36.4 Å². The van der Waals surface area contributed by atoms with E-state index >= 15 is 0 Å². The predicted molar refractivity (Wildman–Crippen MR) is 85.9 cm³/mol. The Hall–Kier alpha value is -2.06. The number of piperazine rings is 1. The number of carbonyl (C=O) groups is 1. The quantitative estimate of drug-likeness (QED) is 0.913. The second-order valence-electron chi connectivity index (χ2n) is 5.14. The fraction of sp³-hybridized carbons (Fsp3) is 0.429. The molecule has 8 heteroatoms. The van der Waals surface area contributed by atoms with Gasteiger partial charge in [0, 0.05) is 57.4 Å². The fourth-order valence-corrected chi connectivity index (χ4v) is 3.12. The van der Waals surface area contributed by atoms with E-state index in [1.54, 1.807) is 12.4 Å². The highest BCUT2D eigenvalue weighted by Gasteiger charge is 2.19. The van der Waals surface area contributed by atoms with Gasteiger partial charge in [-0.1, -0.05) is 0 Å². The molecule has 2 aromatic heterocycles. The summed E-state index contributed by atoms with van der Waals surface area (Å²) in [4.78, 5) is 28.6. The van der Waals surface area contributed by atoms with Gasteiger partial charge in [0.15, 0.2) is 5.13 Å². The molecule has 0 spiro atoms. The first-order chi connectivity index (χ1) is 10.7. The van der Waals surface area contributed by atoms with Crippen molar-refractivity contribution in [1.29, 1.82) is 0 Å². The van der Waals surface area contributed by atoms with Gasteiger partial charge in [0.2, 0.25) is 11.9 Å². The van der Waals surface area contributed by atoms with Crippen LogP contribution in [0.1, 0.15) is 12.6 Å². The summed E-state index contributed by atoms with van der Waals surface area (Å²) in [6.45, 7) is 6.02. The van der Waals surface area contributed by atoms with Gasteiger partial charge in [-0.05, 0) is 6.07 Å². The lowest BCUT2D eigenvalue weighted by molar-refractivity contribution is -0.114. The van der Waals surface area contributed by atoms with Crippen LogP contribution in [0.4, 0.5) is 11.1 Å². The van der Waals surface area contributed by atoms with Crippen LogP contribution < -0.4 is 10.2 Å². The SMILES string of the molecule is CC(=O)Nc1nc(CN2CCN(c3ncccn3)CC2)cs1. The molecule has 3 heterocycles. The molecule has 0 unspecified atom stereocenters. The Labute approximate surface area is 133 Å². The number of amides is 1. The first kappa shape index (κ1) is 14.9. The molecular weight excluding hydrogens is 300 g/mol. The van der Waals surface area contributed by atoms with Crippen molar-refractivity contribution in [3.8, 4) is 0 Å². The number of carbonyl (C=O) groups excluding carboxylic acids is 1. The van der Waals surface area contributed by atoms with E-state index in [1.165, 1.54) is 18.3 Å². The molecular formula is C14H18N6OS. The maximum absolute atomic E-state index is 11.0. The Kier molecular flexibility index (Phi) is 4.59. The molecule has 1 aliphatic rings. The highest BCUT2D eigenvalue weighted by molar-refractivity contribution is 7.13. The minimum Gasteiger partial charge on any atom is -0.338 e. The number of anilines is 2. The molecule has 1 N–H and O–H groups in total. The van der Waals surface area contributed by atoms with Gasteiger partial charge in [0.25, 0.3) is 0 Å². The lowest BCUT2D eigenvalue weighted by atomic mass is 10.3. The number of thiazole rings is 1. The minimum absolute atomic E-state index is 0.0858. The van der Waals surface area contributed by atoms with Crippen molar-refractivity contribution < 1.29 is 4.79 Å². The summed E-state index contributed by atoms with van der Waals surface area (Å²) in [5.41, 5.74) is 0.998. The van der Waals surface area contributed by atoms with E-state index in [0.29, 0.717) is 5.13 Å². The monoisotopic (exact) mass is 318 g/mol. The van der Waals surface area contributed by atoms with E-state index in [0.717, 1.165) is 44.4 Å². The molecule has 1 amide bonds. The molecule has 0 aromatic carbocycles. The molecule has 1 fully saturated rings. The number of hydrogen-bond acceptors (Lipinski definition) is 7. The van der Waals surface area contributed by atoms with Gasteiger partial charge in [-0.3, -0.25) is 9.69 Å². The summed E-state index contributed by atoms with van der Waals surface area (Å²) < 4.78 is 0. The van der Waals surface area contributed by atoms with Crippen LogP contribution in [0.5, 0.6) is 0 Å². The molecule has 0 atom stereocenters. The average Bonchev–Trinajstić information content (AvgIpc) is 2.95. The molecule has 2 aromatic rings. The maximum atomic E-state index is 11.0. The predicted octanol–water partition coefficient (Wildman–Crippen LogP) is 1.21. The molecule has 22 heavy (non-hydrogen) atoms. The Morgan fingerprint density at radius 2 is 2.00 bits per heavy atom. The number of aromatic nitrogens is 3. The zero-order valence-corrected chi connectivity index (χ0v) is 13.2. The van der Waals surface area contributed by atoms with Crippen molar-refractivity contribution in [2.24, 2.45) is 0 Å². The van der Waals surface area contributed by atoms with Gasteiger partial charge in [-0.2, -0.15) is 0 Å². The van der Waals surface area contributed by atoms with Crippen LogP contribution in [-0.4, -0.2) is 51.9 Å². The highest BCUT2D eigenvalue weighted by atomic mass is 32.1. The average molecular weight is 318 g/mol. The minimum atomic E-state index is -0.0858. The van der Waals surface area contributed by atoms with Crippen molar-refractivity contribution in [2.45, 2.75) is 13.5 Å². The van der Waals surface area contributed by atoms with Crippen molar-refractivity contribution >= 4 is 28.3 Å². The number of nitrogens with one attached hydrogen (secondary N) is 1. The molecule has 3 rings (SSSR count). The highest BCUT2D eigenvalue weighted by Crippen LogP contribution is 2.18. The first-order valence-electron chi connectivity index (χ1n) is 7.17. The summed E-state index contributed by atoms with van der Waals surface area (Å²) in [5, 5.41) is 5.38. The standard InChI is InChI=1S/C14H18N6OS/c1-11(21)17-14-18-12(10-22-14)9-19-5-7-20(8-6-19)13-15-3-2-4-16-13/h2-4,10H,5-9H2,1H3,(H,17,18,21). The van der Waals surface area contributed by atoms with Crippen LogP contribution in [0.2, 0.25) is 0 Å². The summed E-state index contributed by atoms with van der Waals surface area (Å²) in [6, 6.07) is 1.83. The van der Waals surface area contributed by atoms with E-state index in [9.17, 15) is 4.79 Å². The molecule has 1 saturated heterocycles. The van der Waals surface area contributed by atoms with Gasteiger partial charge in [0.05, 0.1) is 5.69 Å². The van der Waals surface area contributed by atoms with E-state index in [1.807, 2.05) is 11.4 Å². The van der Waals surface area contributed by atoms with Crippen LogP contribution in [0.25, 0.3) is 0 Å².